The van der Waals surface area contributed by atoms with E-state index in [1.54, 1.807) is 31.4 Å². The normalized spacial score (nSPS) is 12.6. The van der Waals surface area contributed by atoms with Gasteiger partial charge in [-0.15, -0.1) is 5.38 Å². The summed E-state index contributed by atoms with van der Waals surface area (Å²) in [4.78, 5) is 5.30. The molecule has 0 saturated carbocycles. The zero-order valence-electron chi connectivity index (χ0n) is 10.9. The number of pyridine rings is 1. The Morgan fingerprint density at radius 2 is 1.95 bits per heavy atom. The third-order valence-electron chi connectivity index (χ3n) is 2.05. The van der Waals surface area contributed by atoms with E-state index in [1.165, 1.54) is 0 Å². The summed E-state index contributed by atoms with van der Waals surface area (Å²) < 4.78 is 0. The number of hydrogen-bond acceptors (Lipinski definition) is 4. The molecule has 0 amide bonds. The van der Waals surface area contributed by atoms with Crippen LogP contribution in [0.15, 0.2) is 35.8 Å². The summed E-state index contributed by atoms with van der Waals surface area (Å²) in [6.45, 7) is 3.32. The Balaban J connectivity index is 0.000000360. The number of thiophene rings is 1. The quantitative estimate of drug-likeness (QED) is 0.645. The van der Waals surface area contributed by atoms with E-state index < -0.39 is 0 Å². The van der Waals surface area contributed by atoms with Crippen molar-refractivity contribution < 1.29 is 30.6 Å². The second-order valence-electron chi connectivity index (χ2n) is 4.04. The van der Waals surface area contributed by atoms with Gasteiger partial charge in [-0.2, -0.15) is 12.1 Å². The zero-order valence-corrected chi connectivity index (χ0v) is 13.3. The van der Waals surface area contributed by atoms with Gasteiger partial charge in [-0.05, 0) is 32.0 Å². The van der Waals surface area contributed by atoms with Crippen molar-refractivity contribution in [2.45, 2.75) is 32.5 Å². The van der Waals surface area contributed by atoms with E-state index in [0.717, 1.165) is 10.6 Å². The van der Waals surface area contributed by atoms with Crippen molar-refractivity contribution in [1.29, 1.82) is 0 Å². The number of aromatic nitrogens is 1. The van der Waals surface area contributed by atoms with E-state index in [0.29, 0.717) is 6.42 Å². The van der Waals surface area contributed by atoms with E-state index in [9.17, 15) is 0 Å². The molecule has 2 aromatic rings. The van der Waals surface area contributed by atoms with Crippen LogP contribution in [0.25, 0.3) is 10.6 Å². The predicted octanol–water partition coefficient (Wildman–Crippen LogP) is 2.75. The molecule has 2 rings (SSSR count). The van der Waals surface area contributed by atoms with Gasteiger partial charge in [0.1, 0.15) is 0 Å². The second-order valence-corrected chi connectivity index (χ2v) is 4.96. The molecule has 2 unspecified atom stereocenters. The molecule has 0 fully saturated rings. The Labute approximate surface area is 132 Å². The minimum Gasteiger partial charge on any atom is -0.393 e. The Morgan fingerprint density at radius 3 is 2.32 bits per heavy atom. The van der Waals surface area contributed by atoms with Gasteiger partial charge < -0.3 is 15.2 Å². The number of nitrogens with zero attached hydrogens (tertiary/aromatic N) is 1. The van der Waals surface area contributed by atoms with E-state index >= 15 is 0 Å². The molecule has 0 aliphatic rings. The maximum Gasteiger partial charge on any atom is 0.0536 e. The summed E-state index contributed by atoms with van der Waals surface area (Å²) in [5, 5.41) is 19.1. The third-order valence-corrected chi connectivity index (χ3v) is 2.88. The zero-order chi connectivity index (χ0) is 13.4. The summed E-state index contributed by atoms with van der Waals surface area (Å²) in [5.74, 6) is 0. The summed E-state index contributed by atoms with van der Waals surface area (Å²) in [5.41, 5.74) is 1.00. The van der Waals surface area contributed by atoms with Gasteiger partial charge in [0.05, 0.1) is 12.2 Å². The van der Waals surface area contributed by atoms with E-state index in [4.69, 9.17) is 10.2 Å². The van der Waals surface area contributed by atoms with Crippen LogP contribution in [-0.4, -0.2) is 27.4 Å². The number of rotatable bonds is 3. The van der Waals surface area contributed by atoms with Crippen LogP contribution in [0.3, 0.4) is 0 Å². The van der Waals surface area contributed by atoms with Gasteiger partial charge in [0.2, 0.25) is 0 Å². The summed E-state index contributed by atoms with van der Waals surface area (Å²) >= 11 is 1.66. The van der Waals surface area contributed by atoms with Crippen LogP contribution >= 0.6 is 11.3 Å². The average molecular weight is 371 g/mol. The fourth-order valence-electron chi connectivity index (χ4n) is 1.37. The number of aliphatic hydroxyl groups excluding tert-OH is 2. The Bertz CT molecular complexity index is 412. The molecule has 0 aliphatic heterocycles. The minimum absolute atomic E-state index is 0. The topological polar surface area (TPSA) is 53.4 Å². The third kappa shape index (κ3) is 8.25. The minimum atomic E-state index is -0.375. The SMILES string of the molecule is CC(O)CC(C)O.[Pd].[c-]1ccsc1-c1ccccn1. The molecule has 19 heavy (non-hydrogen) atoms. The molecule has 2 heterocycles. The summed E-state index contributed by atoms with van der Waals surface area (Å²) in [7, 11) is 0. The van der Waals surface area contributed by atoms with Gasteiger partial charge in [0.15, 0.2) is 0 Å². The maximum absolute atomic E-state index is 8.56. The first-order chi connectivity index (χ1) is 8.59. The molecule has 5 heteroatoms. The molecule has 0 aliphatic carbocycles. The summed E-state index contributed by atoms with van der Waals surface area (Å²) in [6.07, 6.45) is 1.52. The van der Waals surface area contributed by atoms with Crippen LogP contribution in [0, 0.1) is 6.07 Å². The summed E-state index contributed by atoms with van der Waals surface area (Å²) in [6, 6.07) is 10.9. The van der Waals surface area contributed by atoms with E-state index in [2.05, 4.69) is 11.1 Å². The standard InChI is InChI=1S/C9H6NS.C5H12O2.Pd/c1-2-6-10-8(4-1)9-5-3-7-11-9;1-4(6)3-5(2)7;/h1-4,6-7H;4-7H,3H2,1-2H3;/q-1;;. The monoisotopic (exact) mass is 370 g/mol. The molecule has 0 spiro atoms. The number of hydrogen-bond donors (Lipinski definition) is 2. The van der Waals surface area contributed by atoms with Gasteiger partial charge in [0.25, 0.3) is 0 Å². The van der Waals surface area contributed by atoms with Crippen molar-refractivity contribution >= 4 is 11.3 Å². The first-order valence-electron chi connectivity index (χ1n) is 5.82. The number of aliphatic hydroxyl groups is 2. The molecule has 0 saturated heterocycles. The van der Waals surface area contributed by atoms with Crippen molar-refractivity contribution in [2.24, 2.45) is 0 Å². The fourth-order valence-corrected chi connectivity index (χ4v) is 2.02. The molecular weight excluding hydrogens is 353 g/mol. The van der Waals surface area contributed by atoms with Gasteiger partial charge in [-0.25, -0.2) is 11.3 Å². The fraction of sp³-hybridized carbons (Fsp3) is 0.357. The average Bonchev–Trinajstić information content (AvgIpc) is 2.82. The second kappa shape index (κ2) is 10.2. The van der Waals surface area contributed by atoms with Gasteiger partial charge in [-0.1, -0.05) is 17.0 Å². The molecule has 2 atom stereocenters. The predicted molar refractivity (Wildman–Crippen MR) is 74.4 cm³/mol. The van der Waals surface area contributed by atoms with Crippen LogP contribution in [0.4, 0.5) is 0 Å². The maximum atomic E-state index is 8.56. The Hall–Kier alpha value is -0.568. The van der Waals surface area contributed by atoms with Crippen LogP contribution in [0.5, 0.6) is 0 Å². The van der Waals surface area contributed by atoms with Gasteiger partial charge in [-0.3, -0.25) is 0 Å². The Morgan fingerprint density at radius 1 is 1.26 bits per heavy atom. The van der Waals surface area contributed by atoms with Crippen molar-refractivity contribution in [3.05, 3.63) is 41.9 Å². The van der Waals surface area contributed by atoms with Crippen LogP contribution < -0.4 is 0 Å². The molecule has 108 valence electrons. The smallest absolute Gasteiger partial charge is 0.0536 e. The molecule has 0 bridgehead atoms. The van der Waals surface area contributed by atoms with E-state index in [-0.39, 0.29) is 32.6 Å². The van der Waals surface area contributed by atoms with Gasteiger partial charge >= 0.3 is 0 Å². The molecule has 2 N–H and O–H groups in total. The molecule has 3 nitrogen and oxygen atoms in total. The van der Waals surface area contributed by atoms with Crippen molar-refractivity contribution in [2.75, 3.05) is 0 Å². The molecule has 0 radical (unpaired) electrons. The first-order valence-corrected chi connectivity index (χ1v) is 6.70. The molecule has 0 aromatic carbocycles. The van der Waals surface area contributed by atoms with Crippen LogP contribution in [-0.2, 0) is 20.4 Å². The Kier molecular flexibility index (Phi) is 9.94. The molecule has 2 aromatic heterocycles. The first kappa shape index (κ1) is 18.4. The van der Waals surface area contributed by atoms with Gasteiger partial charge in [0, 0.05) is 26.6 Å². The van der Waals surface area contributed by atoms with Crippen LogP contribution in [0.1, 0.15) is 20.3 Å². The molecular formula is C14H18NO2PdS-. The van der Waals surface area contributed by atoms with Crippen LogP contribution in [0.2, 0.25) is 0 Å². The van der Waals surface area contributed by atoms with Crippen molar-refractivity contribution in [3.63, 3.8) is 0 Å². The van der Waals surface area contributed by atoms with Crippen molar-refractivity contribution in [1.82, 2.24) is 4.98 Å². The van der Waals surface area contributed by atoms with E-state index in [1.807, 2.05) is 29.6 Å². The largest absolute Gasteiger partial charge is 0.393 e. The van der Waals surface area contributed by atoms with Crippen molar-refractivity contribution in [3.8, 4) is 10.6 Å².